The summed E-state index contributed by atoms with van der Waals surface area (Å²) in [7, 11) is 0. The molecule has 3 aromatic rings. The highest BCUT2D eigenvalue weighted by molar-refractivity contribution is 9.10. The molecule has 0 spiro atoms. The predicted molar refractivity (Wildman–Crippen MR) is 109 cm³/mol. The summed E-state index contributed by atoms with van der Waals surface area (Å²) < 4.78 is 1.07. The molecular formula is C20H19BrN4S. The lowest BCUT2D eigenvalue weighted by Gasteiger charge is -2.27. The van der Waals surface area contributed by atoms with Gasteiger partial charge in [-0.05, 0) is 24.0 Å². The van der Waals surface area contributed by atoms with Gasteiger partial charge in [-0.15, -0.1) is 0 Å². The van der Waals surface area contributed by atoms with Crippen LogP contribution in [0.1, 0.15) is 16.8 Å². The Labute approximate surface area is 166 Å². The molecule has 0 aliphatic carbocycles. The minimum atomic E-state index is 0.865. The van der Waals surface area contributed by atoms with Crippen molar-refractivity contribution in [1.82, 2.24) is 19.9 Å². The lowest BCUT2D eigenvalue weighted by Crippen LogP contribution is -2.31. The molecule has 4 rings (SSSR count). The molecule has 0 radical (unpaired) electrons. The first kappa shape index (κ1) is 17.6. The summed E-state index contributed by atoms with van der Waals surface area (Å²) in [6, 6.07) is 12.4. The summed E-state index contributed by atoms with van der Waals surface area (Å²) in [5.41, 5.74) is 5.77. The van der Waals surface area contributed by atoms with Gasteiger partial charge < -0.3 is 0 Å². The normalized spacial score (nSPS) is 14.2. The van der Waals surface area contributed by atoms with E-state index < -0.39 is 0 Å². The zero-order valence-electron chi connectivity index (χ0n) is 14.5. The Morgan fingerprint density at radius 1 is 1.12 bits per heavy atom. The van der Waals surface area contributed by atoms with E-state index in [9.17, 15) is 0 Å². The molecule has 0 saturated heterocycles. The smallest absolute Gasteiger partial charge is 0.187 e. The zero-order valence-corrected chi connectivity index (χ0v) is 16.9. The van der Waals surface area contributed by atoms with Crippen LogP contribution in [0.2, 0.25) is 0 Å². The summed E-state index contributed by atoms with van der Waals surface area (Å²) in [4.78, 5) is 16.1. The van der Waals surface area contributed by atoms with Gasteiger partial charge in [0.05, 0.1) is 11.4 Å². The van der Waals surface area contributed by atoms with Gasteiger partial charge in [0.2, 0.25) is 0 Å². The fourth-order valence-electron chi connectivity index (χ4n) is 3.19. The third kappa shape index (κ3) is 3.82. The van der Waals surface area contributed by atoms with Crippen molar-refractivity contribution in [2.45, 2.75) is 24.7 Å². The Bertz CT molecular complexity index is 914. The van der Waals surface area contributed by atoms with Crippen LogP contribution < -0.4 is 0 Å². The van der Waals surface area contributed by atoms with Crippen LogP contribution in [0.15, 0.2) is 58.4 Å². The van der Waals surface area contributed by atoms with Gasteiger partial charge >= 0.3 is 0 Å². The fourth-order valence-corrected chi connectivity index (χ4v) is 4.04. The molecule has 26 heavy (non-hydrogen) atoms. The molecule has 4 nitrogen and oxygen atoms in total. The molecule has 1 aromatic carbocycles. The van der Waals surface area contributed by atoms with E-state index in [0.29, 0.717) is 0 Å². The number of halogens is 1. The molecule has 0 atom stereocenters. The van der Waals surface area contributed by atoms with Gasteiger partial charge in [-0.2, -0.15) is 0 Å². The average molecular weight is 427 g/mol. The van der Waals surface area contributed by atoms with Crippen molar-refractivity contribution < 1.29 is 0 Å². The second-order valence-corrected chi connectivity index (χ2v) is 7.95. The third-order valence-electron chi connectivity index (χ3n) is 4.55. The molecule has 6 heteroatoms. The highest BCUT2D eigenvalue weighted by Gasteiger charge is 2.18. The molecular weight excluding hydrogens is 408 g/mol. The molecule has 3 heterocycles. The van der Waals surface area contributed by atoms with E-state index in [2.05, 4.69) is 54.0 Å². The molecule has 0 saturated carbocycles. The van der Waals surface area contributed by atoms with Gasteiger partial charge in [0, 0.05) is 54.0 Å². The number of aromatic nitrogens is 3. The minimum Gasteiger partial charge on any atom is -0.294 e. The van der Waals surface area contributed by atoms with Gasteiger partial charge in [0.1, 0.15) is 0 Å². The molecule has 0 fully saturated rings. The molecule has 1 aliphatic heterocycles. The first-order valence-corrected chi connectivity index (χ1v) is 10.6. The van der Waals surface area contributed by atoms with Crippen LogP contribution >= 0.6 is 27.7 Å². The fraction of sp³-hybridized carbons (Fsp3) is 0.250. The number of nitrogens with zero attached hydrogens (tertiary/aromatic N) is 4. The largest absolute Gasteiger partial charge is 0.294 e. The number of pyridine rings is 1. The van der Waals surface area contributed by atoms with Crippen molar-refractivity contribution in [2.75, 3.05) is 12.8 Å². The molecule has 0 N–H and O–H groups in total. The van der Waals surface area contributed by atoms with Crippen molar-refractivity contribution in [3.8, 4) is 11.3 Å². The molecule has 132 valence electrons. The summed E-state index contributed by atoms with van der Waals surface area (Å²) in [6.07, 6.45) is 6.96. The van der Waals surface area contributed by atoms with Crippen LogP contribution in [-0.4, -0.2) is 32.7 Å². The van der Waals surface area contributed by atoms with E-state index in [0.717, 1.165) is 46.9 Å². The maximum absolute atomic E-state index is 4.66. The Kier molecular flexibility index (Phi) is 5.33. The van der Waals surface area contributed by atoms with Crippen molar-refractivity contribution in [3.05, 3.63) is 70.1 Å². The Balaban J connectivity index is 1.46. The van der Waals surface area contributed by atoms with Crippen LogP contribution in [-0.2, 0) is 19.5 Å². The Hall–Kier alpha value is -1.76. The first-order chi connectivity index (χ1) is 12.7. The van der Waals surface area contributed by atoms with Crippen molar-refractivity contribution in [1.29, 1.82) is 0 Å². The highest BCUT2D eigenvalue weighted by atomic mass is 79.9. The number of hydrogen-bond acceptors (Lipinski definition) is 5. The van der Waals surface area contributed by atoms with Gasteiger partial charge in [-0.1, -0.05) is 52.0 Å². The van der Waals surface area contributed by atoms with Crippen molar-refractivity contribution in [3.63, 3.8) is 0 Å². The van der Waals surface area contributed by atoms with E-state index in [1.54, 1.807) is 11.8 Å². The van der Waals surface area contributed by atoms with E-state index in [1.807, 2.05) is 36.8 Å². The second kappa shape index (κ2) is 7.86. The molecule has 2 aromatic heterocycles. The average Bonchev–Trinajstić information content (AvgIpc) is 2.69. The van der Waals surface area contributed by atoms with Gasteiger partial charge in [-0.25, -0.2) is 9.97 Å². The summed E-state index contributed by atoms with van der Waals surface area (Å²) in [5.74, 6) is 0. The minimum absolute atomic E-state index is 0.865. The number of fused-ring (bicyclic) bond motifs is 1. The molecule has 1 aliphatic rings. The number of rotatable bonds is 4. The number of thioether (sulfide) groups is 1. The van der Waals surface area contributed by atoms with E-state index in [-0.39, 0.29) is 0 Å². The maximum atomic E-state index is 4.66. The molecule has 0 unspecified atom stereocenters. The van der Waals surface area contributed by atoms with Crippen LogP contribution in [0.4, 0.5) is 0 Å². The van der Waals surface area contributed by atoms with Gasteiger partial charge in [0.25, 0.3) is 0 Å². The lowest BCUT2D eigenvalue weighted by molar-refractivity contribution is 0.242. The Morgan fingerprint density at radius 3 is 2.77 bits per heavy atom. The van der Waals surface area contributed by atoms with Crippen molar-refractivity contribution in [2.24, 2.45) is 0 Å². The third-order valence-corrected chi connectivity index (χ3v) is 5.81. The van der Waals surface area contributed by atoms with Crippen LogP contribution in [0.25, 0.3) is 11.3 Å². The monoisotopic (exact) mass is 426 g/mol. The quantitative estimate of drug-likeness (QED) is 0.450. The Morgan fingerprint density at radius 2 is 2.00 bits per heavy atom. The van der Waals surface area contributed by atoms with Crippen molar-refractivity contribution >= 4 is 27.7 Å². The van der Waals surface area contributed by atoms with Crippen LogP contribution in [0, 0.1) is 0 Å². The summed E-state index contributed by atoms with van der Waals surface area (Å²) in [6.45, 7) is 2.81. The van der Waals surface area contributed by atoms with E-state index in [1.165, 1.54) is 16.8 Å². The predicted octanol–water partition coefficient (Wildman–Crippen LogP) is 4.58. The second-order valence-electron chi connectivity index (χ2n) is 6.32. The number of hydrogen-bond donors (Lipinski definition) is 0. The van der Waals surface area contributed by atoms with E-state index in [4.69, 9.17) is 0 Å². The molecule has 0 bridgehead atoms. The van der Waals surface area contributed by atoms with E-state index >= 15 is 0 Å². The summed E-state index contributed by atoms with van der Waals surface area (Å²) in [5, 5.41) is 0.865. The highest BCUT2D eigenvalue weighted by Crippen LogP contribution is 2.27. The first-order valence-electron chi connectivity index (χ1n) is 8.54. The number of benzene rings is 1. The summed E-state index contributed by atoms with van der Waals surface area (Å²) >= 11 is 5.19. The lowest BCUT2D eigenvalue weighted by atomic mass is 10.1. The standard InChI is InChI=1S/C20H19BrN4S/c1-26-20-23-11-15-13-25(9-8-18(15)24-20)12-14-6-7-19(22-10-14)16-4-2-3-5-17(16)21/h2-7,10-11H,8-9,12-13H2,1H3. The van der Waals surface area contributed by atoms with Gasteiger partial charge in [-0.3, -0.25) is 9.88 Å². The van der Waals surface area contributed by atoms with Crippen LogP contribution in [0.5, 0.6) is 0 Å². The maximum Gasteiger partial charge on any atom is 0.187 e. The van der Waals surface area contributed by atoms with Crippen LogP contribution in [0.3, 0.4) is 0 Å². The van der Waals surface area contributed by atoms with Gasteiger partial charge in [0.15, 0.2) is 5.16 Å². The zero-order chi connectivity index (χ0) is 17.9. The topological polar surface area (TPSA) is 41.9 Å². The molecule has 0 amide bonds. The SMILES string of the molecule is CSc1ncc2c(n1)CCN(Cc1ccc(-c3ccccc3Br)nc1)C2.